The summed E-state index contributed by atoms with van der Waals surface area (Å²) in [5.74, 6) is 0.467. The van der Waals surface area contributed by atoms with E-state index in [0.717, 1.165) is 30.4 Å². The van der Waals surface area contributed by atoms with Crippen LogP contribution in [0.25, 0.3) is 0 Å². The summed E-state index contributed by atoms with van der Waals surface area (Å²) < 4.78 is 3.32. The second-order valence-electron chi connectivity index (χ2n) is 5.29. The van der Waals surface area contributed by atoms with Gasteiger partial charge in [-0.15, -0.1) is 0 Å². The van der Waals surface area contributed by atoms with Gasteiger partial charge in [0.05, 0.1) is 15.9 Å². The second-order valence-corrected chi connectivity index (χ2v) is 6.73. The van der Waals surface area contributed by atoms with Gasteiger partial charge in [0.25, 0.3) is 0 Å². The van der Waals surface area contributed by atoms with E-state index in [1.54, 1.807) is 0 Å². The van der Waals surface area contributed by atoms with Crippen LogP contribution >= 0.6 is 31.9 Å². The zero-order valence-corrected chi connectivity index (χ0v) is 16.0. The first kappa shape index (κ1) is 16.8. The first-order valence-corrected chi connectivity index (χ1v) is 9.39. The Labute approximate surface area is 144 Å². The van der Waals surface area contributed by atoms with E-state index >= 15 is 0 Å². The third-order valence-corrected chi connectivity index (χ3v) is 5.65. The molecule has 0 radical (unpaired) electrons. The Hall–Kier alpha value is -0.610. The highest BCUT2D eigenvalue weighted by molar-refractivity contribution is 9.10. The van der Waals surface area contributed by atoms with Crippen molar-refractivity contribution in [3.8, 4) is 0 Å². The maximum Gasteiger partial charge on any atom is 0.0766 e. The van der Waals surface area contributed by atoms with E-state index in [9.17, 15) is 0 Å². The van der Waals surface area contributed by atoms with Gasteiger partial charge < -0.3 is 0 Å². The lowest BCUT2D eigenvalue weighted by molar-refractivity contribution is 0.593. The molecule has 1 aromatic heterocycles. The molecule has 1 unspecified atom stereocenters. The molecule has 2 nitrogen and oxygen atoms in total. The molecule has 0 saturated heterocycles. The van der Waals surface area contributed by atoms with Crippen molar-refractivity contribution in [3.05, 3.63) is 51.3 Å². The summed E-state index contributed by atoms with van der Waals surface area (Å²) in [4.78, 5) is 0. The normalized spacial score (nSPS) is 12.6. The molecule has 0 N–H and O–H groups in total. The van der Waals surface area contributed by atoms with Gasteiger partial charge in [-0.1, -0.05) is 47.1 Å². The summed E-state index contributed by atoms with van der Waals surface area (Å²) in [7, 11) is 0. The lowest BCUT2D eigenvalue weighted by Gasteiger charge is -2.18. The Balaban J connectivity index is 2.35. The van der Waals surface area contributed by atoms with Crippen LogP contribution in [-0.2, 0) is 19.4 Å². The lowest BCUT2D eigenvalue weighted by Crippen LogP contribution is -2.11. The Bertz CT molecular complexity index is 605. The van der Waals surface area contributed by atoms with Crippen LogP contribution in [0, 0.1) is 6.92 Å². The Morgan fingerprint density at radius 3 is 2.52 bits per heavy atom. The van der Waals surface area contributed by atoms with E-state index in [-0.39, 0.29) is 0 Å². The average molecular weight is 414 g/mol. The molecule has 0 amide bonds. The molecule has 1 aromatic carbocycles. The van der Waals surface area contributed by atoms with Crippen LogP contribution in [0.5, 0.6) is 0 Å². The van der Waals surface area contributed by atoms with Gasteiger partial charge in [-0.05, 0) is 59.7 Å². The molecule has 0 fully saturated rings. The van der Waals surface area contributed by atoms with Gasteiger partial charge >= 0.3 is 0 Å². The van der Waals surface area contributed by atoms with Crippen molar-refractivity contribution in [3.63, 3.8) is 0 Å². The average Bonchev–Trinajstić information content (AvgIpc) is 2.81. The van der Waals surface area contributed by atoms with Crippen LogP contribution in [0.2, 0.25) is 0 Å². The molecule has 4 heteroatoms. The highest BCUT2D eigenvalue weighted by Crippen LogP contribution is 2.30. The number of hydrogen-bond donors (Lipinski definition) is 0. The number of aromatic nitrogens is 2. The van der Waals surface area contributed by atoms with E-state index in [1.165, 1.54) is 21.3 Å². The summed E-state index contributed by atoms with van der Waals surface area (Å²) in [5, 5.41) is 5.66. The van der Waals surface area contributed by atoms with Crippen molar-refractivity contribution >= 4 is 31.9 Å². The first-order chi connectivity index (χ1) is 10.1. The van der Waals surface area contributed by atoms with E-state index in [2.05, 4.69) is 81.6 Å². The third kappa shape index (κ3) is 3.59. The second kappa shape index (κ2) is 7.59. The molecule has 0 aliphatic rings. The Morgan fingerprint density at radius 2 is 1.95 bits per heavy atom. The Kier molecular flexibility index (Phi) is 6.06. The monoisotopic (exact) mass is 412 g/mol. The van der Waals surface area contributed by atoms with Crippen LogP contribution in [0.4, 0.5) is 0 Å². The van der Waals surface area contributed by atoms with Gasteiger partial charge in [0.2, 0.25) is 0 Å². The first-order valence-electron chi connectivity index (χ1n) is 7.47. The lowest BCUT2D eigenvalue weighted by atomic mass is 9.92. The van der Waals surface area contributed by atoms with Crippen molar-refractivity contribution in [2.45, 2.75) is 46.1 Å². The van der Waals surface area contributed by atoms with Crippen LogP contribution in [0.1, 0.15) is 42.3 Å². The summed E-state index contributed by atoms with van der Waals surface area (Å²) >= 11 is 7.45. The summed E-state index contributed by atoms with van der Waals surface area (Å²) in [5.41, 5.74) is 5.24. The smallest absolute Gasteiger partial charge is 0.0766 e. The molecule has 1 atom stereocenters. The van der Waals surface area contributed by atoms with E-state index < -0.39 is 0 Å². The number of rotatable bonds is 6. The summed E-state index contributed by atoms with van der Waals surface area (Å²) in [6.45, 7) is 7.41. The third-order valence-electron chi connectivity index (χ3n) is 3.95. The van der Waals surface area contributed by atoms with Crippen LogP contribution < -0.4 is 0 Å². The van der Waals surface area contributed by atoms with E-state index in [4.69, 9.17) is 5.10 Å². The molecule has 21 heavy (non-hydrogen) atoms. The molecule has 0 aliphatic heterocycles. The van der Waals surface area contributed by atoms with Crippen molar-refractivity contribution in [1.82, 2.24) is 9.78 Å². The fourth-order valence-electron chi connectivity index (χ4n) is 2.74. The zero-order chi connectivity index (χ0) is 15.4. The maximum absolute atomic E-state index is 4.70. The van der Waals surface area contributed by atoms with Gasteiger partial charge in [0, 0.05) is 11.9 Å². The molecule has 0 aliphatic carbocycles. The number of benzene rings is 1. The fourth-order valence-corrected chi connectivity index (χ4v) is 4.04. The number of hydrogen-bond acceptors (Lipinski definition) is 1. The molecule has 114 valence electrons. The quantitative estimate of drug-likeness (QED) is 0.590. The van der Waals surface area contributed by atoms with E-state index in [1.807, 2.05) is 0 Å². The van der Waals surface area contributed by atoms with Gasteiger partial charge in [0.1, 0.15) is 0 Å². The molecular formula is C17H22Br2N2. The topological polar surface area (TPSA) is 17.8 Å². The fraction of sp³-hybridized carbons (Fsp3) is 0.471. The predicted molar refractivity (Wildman–Crippen MR) is 96.4 cm³/mol. The van der Waals surface area contributed by atoms with Crippen LogP contribution in [0.15, 0.2) is 28.7 Å². The minimum Gasteiger partial charge on any atom is -0.268 e. The molecule has 2 rings (SSSR count). The Morgan fingerprint density at radius 1 is 1.24 bits per heavy atom. The van der Waals surface area contributed by atoms with Crippen molar-refractivity contribution in [2.24, 2.45) is 0 Å². The summed E-state index contributed by atoms with van der Waals surface area (Å²) in [6, 6.07) is 8.66. The van der Waals surface area contributed by atoms with Gasteiger partial charge in [-0.2, -0.15) is 5.10 Å². The van der Waals surface area contributed by atoms with Crippen molar-refractivity contribution in [2.75, 3.05) is 5.33 Å². The molecule has 1 heterocycles. The van der Waals surface area contributed by atoms with E-state index in [0.29, 0.717) is 5.92 Å². The number of halogens is 2. The number of aryl methyl sites for hydroxylation is 3. The highest BCUT2D eigenvalue weighted by Gasteiger charge is 2.20. The van der Waals surface area contributed by atoms with Crippen LogP contribution in [-0.4, -0.2) is 15.1 Å². The van der Waals surface area contributed by atoms with Crippen molar-refractivity contribution < 1.29 is 0 Å². The number of nitrogens with zero attached hydrogens (tertiary/aromatic N) is 2. The maximum atomic E-state index is 4.70. The van der Waals surface area contributed by atoms with Crippen LogP contribution in [0.3, 0.4) is 0 Å². The molecule has 0 bridgehead atoms. The van der Waals surface area contributed by atoms with Gasteiger partial charge in [-0.25, -0.2) is 0 Å². The van der Waals surface area contributed by atoms with Crippen molar-refractivity contribution in [1.29, 1.82) is 0 Å². The zero-order valence-electron chi connectivity index (χ0n) is 12.9. The highest BCUT2D eigenvalue weighted by atomic mass is 79.9. The molecular weight excluding hydrogens is 392 g/mol. The standard InChI is InChI=1S/C17H22Br2N2/c1-4-15-17(19)16(21(5-2)20-15)10-13(11-18)14-9-7-6-8-12(14)3/h6-9,13H,4-5,10-11H2,1-3H3. The summed E-state index contributed by atoms with van der Waals surface area (Å²) in [6.07, 6.45) is 1.96. The molecule has 0 spiro atoms. The predicted octanol–water partition coefficient (Wildman–Crippen LogP) is 5.26. The minimum atomic E-state index is 0.467. The van der Waals surface area contributed by atoms with Gasteiger partial charge in [0.15, 0.2) is 0 Å². The minimum absolute atomic E-state index is 0.467. The molecule has 2 aromatic rings. The van der Waals surface area contributed by atoms with Gasteiger partial charge in [-0.3, -0.25) is 4.68 Å². The largest absolute Gasteiger partial charge is 0.268 e. The SMILES string of the molecule is CCc1nn(CC)c(CC(CBr)c2ccccc2C)c1Br. The number of alkyl halides is 1. The molecule has 0 saturated carbocycles.